The molecule has 0 saturated carbocycles. The van der Waals surface area contributed by atoms with E-state index < -0.39 is 11.7 Å². The summed E-state index contributed by atoms with van der Waals surface area (Å²) in [4.78, 5) is 23.5. The number of unbranched alkanes of at least 4 members (excludes halogenated alkanes) is 1. The molecule has 5 rings (SSSR count). The number of hydrogen-bond acceptors (Lipinski definition) is 7. The molecule has 1 aromatic carbocycles. The average molecular weight is 479 g/mol. The molecule has 3 aromatic rings. The summed E-state index contributed by atoms with van der Waals surface area (Å²) in [6.07, 6.45) is 2.14. The van der Waals surface area contributed by atoms with Crippen LogP contribution in [0, 0.1) is 0 Å². The molecule has 35 heavy (non-hydrogen) atoms. The van der Waals surface area contributed by atoms with Gasteiger partial charge in [0.25, 0.3) is 0 Å². The van der Waals surface area contributed by atoms with Crippen LogP contribution in [0.1, 0.15) is 32.3 Å². The number of piperazine rings is 1. The minimum atomic E-state index is -0.577. The Bertz CT molecular complexity index is 1230. The van der Waals surface area contributed by atoms with Crippen molar-refractivity contribution in [1.82, 2.24) is 14.9 Å². The molecule has 2 N–H and O–H groups in total. The number of ether oxygens (including phenoxy) is 2. The van der Waals surface area contributed by atoms with Gasteiger partial charge in [0, 0.05) is 50.1 Å². The molecule has 2 aromatic heterocycles. The van der Waals surface area contributed by atoms with Gasteiger partial charge < -0.3 is 24.5 Å². The van der Waals surface area contributed by atoms with Crippen molar-refractivity contribution in [3.05, 3.63) is 58.4 Å². The molecular formula is C27H34N4O4. The molecule has 0 amide bonds. The van der Waals surface area contributed by atoms with E-state index in [4.69, 9.17) is 9.47 Å². The molecule has 0 spiro atoms. The Morgan fingerprint density at radius 2 is 1.91 bits per heavy atom. The maximum atomic E-state index is 11.5. The Balaban J connectivity index is 1.07. The summed E-state index contributed by atoms with van der Waals surface area (Å²) in [5.74, 6) is 1.47. The lowest BCUT2D eigenvalue weighted by atomic mass is 9.90. The summed E-state index contributed by atoms with van der Waals surface area (Å²) in [5.41, 5.74) is 2.04. The van der Waals surface area contributed by atoms with Crippen LogP contribution in [0.5, 0.6) is 11.6 Å². The molecule has 1 unspecified atom stereocenters. The highest BCUT2D eigenvalue weighted by Crippen LogP contribution is 2.40. The van der Waals surface area contributed by atoms with Crippen molar-refractivity contribution >= 4 is 16.7 Å². The maximum absolute atomic E-state index is 11.5. The second-order valence-corrected chi connectivity index (χ2v) is 9.98. The van der Waals surface area contributed by atoms with E-state index in [1.807, 2.05) is 26.0 Å². The van der Waals surface area contributed by atoms with Crippen molar-refractivity contribution in [2.24, 2.45) is 0 Å². The van der Waals surface area contributed by atoms with Crippen LogP contribution in [0.25, 0.3) is 11.0 Å². The number of para-hydroxylation sites is 1. The zero-order valence-corrected chi connectivity index (χ0v) is 20.5. The Labute approximate surface area is 205 Å². The van der Waals surface area contributed by atoms with Gasteiger partial charge in [-0.3, -0.25) is 9.69 Å². The van der Waals surface area contributed by atoms with Crippen molar-refractivity contribution in [3.63, 3.8) is 0 Å². The lowest BCUT2D eigenvalue weighted by molar-refractivity contribution is -0.0408. The number of aliphatic hydroxyl groups is 1. The van der Waals surface area contributed by atoms with Gasteiger partial charge in [-0.2, -0.15) is 4.98 Å². The molecular weight excluding hydrogens is 444 g/mol. The standard InChI is InChI=1S/C27H34N4O4/c1-27(2)22(32)18-20-6-5-7-21(25(20)35-27)31-15-13-30(14-16-31)12-3-4-17-34-24-11-9-19-8-10-23(33)28-26(19)29-24/h5-11,22,32H,3-4,12-18H2,1-2H3,(H,28,29,33). The summed E-state index contributed by atoms with van der Waals surface area (Å²) in [6, 6.07) is 13.3. The predicted octanol–water partition coefficient (Wildman–Crippen LogP) is 2.98. The van der Waals surface area contributed by atoms with E-state index in [9.17, 15) is 9.90 Å². The topological polar surface area (TPSA) is 90.9 Å². The first-order valence-electron chi connectivity index (χ1n) is 12.5. The minimum absolute atomic E-state index is 0.162. The Hall–Kier alpha value is -3.10. The number of nitrogens with one attached hydrogen (secondary N) is 1. The maximum Gasteiger partial charge on any atom is 0.249 e. The van der Waals surface area contributed by atoms with Gasteiger partial charge in [0.15, 0.2) is 0 Å². The number of H-pyrrole nitrogens is 1. The highest BCUT2D eigenvalue weighted by atomic mass is 16.5. The van der Waals surface area contributed by atoms with Crippen LogP contribution < -0.4 is 19.9 Å². The lowest BCUT2D eigenvalue weighted by Crippen LogP contribution is -2.49. The summed E-state index contributed by atoms with van der Waals surface area (Å²) in [7, 11) is 0. The van der Waals surface area contributed by atoms with Crippen LogP contribution in [0.2, 0.25) is 0 Å². The fourth-order valence-electron chi connectivity index (χ4n) is 4.80. The Morgan fingerprint density at radius 3 is 2.74 bits per heavy atom. The number of pyridine rings is 2. The Kier molecular flexibility index (Phi) is 6.67. The van der Waals surface area contributed by atoms with Crippen molar-refractivity contribution in [2.75, 3.05) is 44.2 Å². The summed E-state index contributed by atoms with van der Waals surface area (Å²) >= 11 is 0. The van der Waals surface area contributed by atoms with Crippen LogP contribution in [-0.2, 0) is 6.42 Å². The first kappa shape index (κ1) is 23.6. The fraction of sp³-hybridized carbons (Fsp3) is 0.481. The van der Waals surface area contributed by atoms with E-state index >= 15 is 0 Å². The third kappa shape index (κ3) is 5.28. The molecule has 0 aliphatic carbocycles. The zero-order chi connectivity index (χ0) is 24.4. The largest absolute Gasteiger partial charge is 0.483 e. The molecule has 186 valence electrons. The van der Waals surface area contributed by atoms with E-state index in [1.54, 1.807) is 6.07 Å². The van der Waals surface area contributed by atoms with Crippen molar-refractivity contribution in [3.8, 4) is 11.6 Å². The fourth-order valence-corrected chi connectivity index (χ4v) is 4.80. The number of anilines is 1. The molecule has 8 nitrogen and oxygen atoms in total. The van der Waals surface area contributed by atoms with E-state index in [0.29, 0.717) is 24.6 Å². The molecule has 1 fully saturated rings. The lowest BCUT2D eigenvalue weighted by Gasteiger charge is -2.41. The van der Waals surface area contributed by atoms with Crippen LogP contribution in [0.3, 0.4) is 0 Å². The predicted molar refractivity (Wildman–Crippen MR) is 137 cm³/mol. The summed E-state index contributed by atoms with van der Waals surface area (Å²) in [5, 5.41) is 11.3. The van der Waals surface area contributed by atoms with Gasteiger partial charge in [0.1, 0.15) is 17.0 Å². The molecule has 0 radical (unpaired) electrons. The third-order valence-electron chi connectivity index (χ3n) is 7.05. The normalized spacial score (nSPS) is 19.9. The number of hydrogen-bond donors (Lipinski definition) is 2. The SMILES string of the molecule is CC1(C)Oc2c(cccc2N2CCN(CCCCOc3ccc4ccc(=O)[nH]c4n3)CC2)CC1O. The molecule has 2 aliphatic heterocycles. The average Bonchev–Trinajstić information content (AvgIpc) is 2.84. The molecule has 2 aliphatic rings. The van der Waals surface area contributed by atoms with Gasteiger partial charge in [0.05, 0.1) is 18.4 Å². The minimum Gasteiger partial charge on any atom is -0.483 e. The van der Waals surface area contributed by atoms with Crippen LogP contribution in [0.4, 0.5) is 5.69 Å². The number of nitrogens with zero attached hydrogens (tertiary/aromatic N) is 3. The summed E-state index contributed by atoms with van der Waals surface area (Å²) in [6.45, 7) is 9.48. The van der Waals surface area contributed by atoms with Crippen molar-refractivity contribution in [1.29, 1.82) is 0 Å². The molecule has 1 atom stereocenters. The molecule has 8 heteroatoms. The van der Waals surface area contributed by atoms with Gasteiger partial charge in [-0.15, -0.1) is 0 Å². The van der Waals surface area contributed by atoms with Crippen LogP contribution in [0.15, 0.2) is 47.3 Å². The first-order chi connectivity index (χ1) is 16.9. The van der Waals surface area contributed by atoms with E-state index in [-0.39, 0.29) is 5.56 Å². The highest BCUT2D eigenvalue weighted by Gasteiger charge is 2.37. The highest BCUT2D eigenvalue weighted by molar-refractivity contribution is 5.74. The van der Waals surface area contributed by atoms with Gasteiger partial charge in [0.2, 0.25) is 11.4 Å². The van der Waals surface area contributed by atoms with E-state index in [1.165, 1.54) is 6.07 Å². The van der Waals surface area contributed by atoms with Gasteiger partial charge in [-0.1, -0.05) is 12.1 Å². The van der Waals surface area contributed by atoms with Crippen LogP contribution >= 0.6 is 0 Å². The quantitative estimate of drug-likeness (QED) is 0.505. The number of benzene rings is 1. The summed E-state index contributed by atoms with van der Waals surface area (Å²) < 4.78 is 12.1. The van der Waals surface area contributed by atoms with Crippen molar-refractivity contribution < 1.29 is 14.6 Å². The van der Waals surface area contributed by atoms with E-state index in [2.05, 4.69) is 38.0 Å². The van der Waals surface area contributed by atoms with Gasteiger partial charge in [-0.05, 0) is 57.0 Å². The number of aromatic amines is 1. The van der Waals surface area contributed by atoms with E-state index in [0.717, 1.165) is 68.0 Å². The monoisotopic (exact) mass is 478 g/mol. The zero-order valence-electron chi connectivity index (χ0n) is 20.5. The number of fused-ring (bicyclic) bond motifs is 2. The number of aliphatic hydroxyl groups excluding tert-OH is 1. The molecule has 0 bridgehead atoms. The molecule has 4 heterocycles. The first-order valence-corrected chi connectivity index (χ1v) is 12.5. The smallest absolute Gasteiger partial charge is 0.249 e. The Morgan fingerprint density at radius 1 is 1.11 bits per heavy atom. The second kappa shape index (κ2) is 9.87. The van der Waals surface area contributed by atoms with Crippen molar-refractivity contribution in [2.45, 2.75) is 44.8 Å². The number of aromatic nitrogens is 2. The van der Waals surface area contributed by atoms with Crippen LogP contribution in [-0.4, -0.2) is 71.0 Å². The van der Waals surface area contributed by atoms with Gasteiger partial charge in [-0.25, -0.2) is 0 Å². The molecule has 1 saturated heterocycles. The third-order valence-corrected chi connectivity index (χ3v) is 7.05. The van der Waals surface area contributed by atoms with Gasteiger partial charge >= 0.3 is 0 Å². The number of rotatable bonds is 7. The second-order valence-electron chi connectivity index (χ2n) is 9.98.